The van der Waals surface area contributed by atoms with Crippen LogP contribution in [0.15, 0.2) is 24.3 Å². The lowest BCUT2D eigenvalue weighted by atomic mass is 10.1. The van der Waals surface area contributed by atoms with Crippen molar-refractivity contribution in [3.05, 3.63) is 46.2 Å². The van der Waals surface area contributed by atoms with Crippen molar-refractivity contribution in [2.75, 3.05) is 23.3 Å². The van der Waals surface area contributed by atoms with Gasteiger partial charge < -0.3 is 10.2 Å². The van der Waals surface area contributed by atoms with E-state index in [1.165, 1.54) is 12.8 Å². The van der Waals surface area contributed by atoms with Crippen LogP contribution in [0, 0.1) is 13.8 Å². The molecule has 1 amide bonds. The van der Waals surface area contributed by atoms with E-state index in [4.69, 9.17) is 11.6 Å². The Morgan fingerprint density at radius 1 is 1.20 bits per heavy atom. The van der Waals surface area contributed by atoms with Crippen molar-refractivity contribution in [2.24, 2.45) is 0 Å². The van der Waals surface area contributed by atoms with E-state index in [9.17, 15) is 4.79 Å². The van der Waals surface area contributed by atoms with Crippen molar-refractivity contribution in [1.29, 1.82) is 0 Å². The monoisotopic (exact) mass is 358 g/mol. The summed E-state index contributed by atoms with van der Waals surface area (Å²) in [5, 5.41) is 3.66. The molecule has 2 aromatic rings. The lowest BCUT2D eigenvalue weighted by molar-refractivity contribution is -0.116. The summed E-state index contributed by atoms with van der Waals surface area (Å²) in [6.07, 6.45) is 3.41. The molecule has 6 heteroatoms. The maximum atomic E-state index is 12.3. The molecule has 1 aliphatic rings. The number of hydrogen-bond donors (Lipinski definition) is 1. The van der Waals surface area contributed by atoms with Crippen LogP contribution in [0.3, 0.4) is 0 Å². The van der Waals surface area contributed by atoms with Crippen LogP contribution in [0.4, 0.5) is 11.6 Å². The number of carbonyl (C=O) groups is 1. The molecule has 0 saturated carbocycles. The lowest BCUT2D eigenvalue weighted by Crippen LogP contribution is -2.22. The highest BCUT2D eigenvalue weighted by atomic mass is 35.5. The summed E-state index contributed by atoms with van der Waals surface area (Å²) >= 11 is 5.98. The SMILES string of the molecule is Cc1nc(N2CCCC2)nc(C)c1NC(=O)CCc1cccc(Cl)c1. The zero-order valence-electron chi connectivity index (χ0n) is 14.7. The molecule has 5 nitrogen and oxygen atoms in total. The third-order valence-corrected chi connectivity index (χ3v) is 4.68. The Kier molecular flexibility index (Phi) is 5.53. The van der Waals surface area contributed by atoms with Gasteiger partial charge in [-0.1, -0.05) is 23.7 Å². The summed E-state index contributed by atoms with van der Waals surface area (Å²) in [5.41, 5.74) is 3.40. The van der Waals surface area contributed by atoms with Crippen molar-refractivity contribution in [1.82, 2.24) is 9.97 Å². The number of aryl methyl sites for hydroxylation is 3. The van der Waals surface area contributed by atoms with Gasteiger partial charge in [0.05, 0.1) is 17.1 Å². The summed E-state index contributed by atoms with van der Waals surface area (Å²) in [6, 6.07) is 7.59. The fraction of sp³-hybridized carbons (Fsp3) is 0.421. The number of amides is 1. The standard InChI is InChI=1S/C19H23ClN4O/c1-13-18(14(2)22-19(21-13)24-10-3-4-11-24)23-17(25)9-8-15-6-5-7-16(20)12-15/h5-7,12H,3-4,8-11H2,1-2H3,(H,23,25). The smallest absolute Gasteiger partial charge is 0.225 e. The van der Waals surface area contributed by atoms with Crippen LogP contribution in [-0.4, -0.2) is 29.0 Å². The lowest BCUT2D eigenvalue weighted by Gasteiger charge is -2.18. The summed E-state index contributed by atoms with van der Waals surface area (Å²) in [4.78, 5) is 23.7. The molecule has 0 spiro atoms. The van der Waals surface area contributed by atoms with E-state index in [-0.39, 0.29) is 5.91 Å². The molecule has 1 saturated heterocycles. The number of nitrogens with zero attached hydrogens (tertiary/aromatic N) is 3. The molecule has 0 bridgehead atoms. The molecule has 1 aliphatic heterocycles. The first kappa shape index (κ1) is 17.7. The quantitative estimate of drug-likeness (QED) is 0.880. The van der Waals surface area contributed by atoms with Crippen LogP contribution in [0.1, 0.15) is 36.2 Å². The van der Waals surface area contributed by atoms with Crippen molar-refractivity contribution in [2.45, 2.75) is 39.5 Å². The van der Waals surface area contributed by atoms with Gasteiger partial charge in [-0.05, 0) is 50.8 Å². The summed E-state index contributed by atoms with van der Waals surface area (Å²) in [7, 11) is 0. The van der Waals surface area contributed by atoms with E-state index >= 15 is 0 Å². The van der Waals surface area contributed by atoms with Crippen molar-refractivity contribution < 1.29 is 4.79 Å². The van der Waals surface area contributed by atoms with Crippen molar-refractivity contribution in [3.8, 4) is 0 Å². The molecular weight excluding hydrogens is 336 g/mol. The molecule has 1 N–H and O–H groups in total. The minimum absolute atomic E-state index is 0.0382. The Labute approximate surface area is 153 Å². The number of hydrogen-bond acceptors (Lipinski definition) is 4. The van der Waals surface area contributed by atoms with E-state index in [1.54, 1.807) is 0 Å². The van der Waals surface area contributed by atoms with Gasteiger partial charge in [0.2, 0.25) is 11.9 Å². The van der Waals surface area contributed by atoms with Gasteiger partial charge in [-0.25, -0.2) is 9.97 Å². The highest BCUT2D eigenvalue weighted by Gasteiger charge is 2.18. The molecule has 0 radical (unpaired) electrons. The molecule has 1 fully saturated rings. The second-order valence-electron chi connectivity index (χ2n) is 6.44. The average molecular weight is 359 g/mol. The predicted molar refractivity (Wildman–Crippen MR) is 101 cm³/mol. The third-order valence-electron chi connectivity index (χ3n) is 4.44. The number of rotatable bonds is 5. The summed E-state index contributed by atoms with van der Waals surface area (Å²) in [5.74, 6) is 0.730. The summed E-state index contributed by atoms with van der Waals surface area (Å²) in [6.45, 7) is 5.84. The van der Waals surface area contributed by atoms with Crippen LogP contribution in [0.2, 0.25) is 5.02 Å². The Bertz CT molecular complexity index is 749. The number of halogens is 1. The fourth-order valence-corrected chi connectivity index (χ4v) is 3.30. The Hall–Kier alpha value is -2.14. The molecule has 0 atom stereocenters. The van der Waals surface area contributed by atoms with Gasteiger partial charge >= 0.3 is 0 Å². The van der Waals surface area contributed by atoms with Crippen LogP contribution < -0.4 is 10.2 Å². The largest absolute Gasteiger partial charge is 0.341 e. The maximum Gasteiger partial charge on any atom is 0.225 e. The zero-order valence-corrected chi connectivity index (χ0v) is 15.4. The first-order valence-electron chi connectivity index (χ1n) is 8.67. The van der Waals surface area contributed by atoms with Gasteiger partial charge in [0.25, 0.3) is 0 Å². The zero-order chi connectivity index (χ0) is 17.8. The van der Waals surface area contributed by atoms with Gasteiger partial charge in [0, 0.05) is 24.5 Å². The van der Waals surface area contributed by atoms with E-state index in [1.807, 2.05) is 38.1 Å². The molecule has 0 aliphatic carbocycles. The van der Waals surface area contributed by atoms with Crippen LogP contribution in [-0.2, 0) is 11.2 Å². The van der Waals surface area contributed by atoms with E-state index in [2.05, 4.69) is 20.2 Å². The van der Waals surface area contributed by atoms with E-state index < -0.39 is 0 Å². The minimum Gasteiger partial charge on any atom is -0.341 e. The topological polar surface area (TPSA) is 58.1 Å². The molecule has 1 aromatic heterocycles. The van der Waals surface area contributed by atoms with Crippen molar-refractivity contribution in [3.63, 3.8) is 0 Å². The molecule has 25 heavy (non-hydrogen) atoms. The van der Waals surface area contributed by atoms with Gasteiger partial charge in [0.15, 0.2) is 0 Å². The summed E-state index contributed by atoms with van der Waals surface area (Å²) < 4.78 is 0. The number of nitrogens with one attached hydrogen (secondary N) is 1. The molecule has 132 valence electrons. The molecule has 3 rings (SSSR count). The molecular formula is C19H23ClN4O. The molecule has 1 aromatic carbocycles. The first-order valence-corrected chi connectivity index (χ1v) is 9.05. The van der Waals surface area contributed by atoms with Crippen molar-refractivity contribution >= 4 is 29.1 Å². The second kappa shape index (κ2) is 7.83. The van der Waals surface area contributed by atoms with E-state index in [0.29, 0.717) is 17.9 Å². The van der Waals surface area contributed by atoms with Gasteiger partial charge in [-0.3, -0.25) is 4.79 Å². The maximum absolute atomic E-state index is 12.3. The Morgan fingerprint density at radius 3 is 2.52 bits per heavy atom. The van der Waals surface area contributed by atoms with Crippen LogP contribution in [0.5, 0.6) is 0 Å². The van der Waals surface area contributed by atoms with Gasteiger partial charge in [-0.2, -0.15) is 0 Å². The van der Waals surface area contributed by atoms with E-state index in [0.717, 1.165) is 41.7 Å². The highest BCUT2D eigenvalue weighted by Crippen LogP contribution is 2.23. The Morgan fingerprint density at radius 2 is 1.88 bits per heavy atom. The van der Waals surface area contributed by atoms with Gasteiger partial charge in [-0.15, -0.1) is 0 Å². The number of benzene rings is 1. The van der Waals surface area contributed by atoms with Gasteiger partial charge in [0.1, 0.15) is 0 Å². The number of aromatic nitrogens is 2. The fourth-order valence-electron chi connectivity index (χ4n) is 3.09. The highest BCUT2D eigenvalue weighted by molar-refractivity contribution is 6.30. The molecule has 2 heterocycles. The Balaban J connectivity index is 1.64. The second-order valence-corrected chi connectivity index (χ2v) is 6.88. The van der Waals surface area contributed by atoms with Crippen LogP contribution in [0.25, 0.3) is 0 Å². The number of anilines is 2. The third kappa shape index (κ3) is 4.48. The minimum atomic E-state index is -0.0382. The molecule has 0 unspecified atom stereocenters. The predicted octanol–water partition coefficient (Wildman–Crippen LogP) is 3.92. The average Bonchev–Trinajstić information content (AvgIpc) is 3.11. The normalized spacial score (nSPS) is 14.0. The first-order chi connectivity index (χ1) is 12.0. The van der Waals surface area contributed by atoms with Crippen LogP contribution >= 0.6 is 11.6 Å². The number of carbonyl (C=O) groups excluding carboxylic acids is 1.